The maximum absolute atomic E-state index is 12.2. The predicted molar refractivity (Wildman–Crippen MR) is 85.6 cm³/mol. The zero-order valence-electron chi connectivity index (χ0n) is 11.8. The molecule has 0 atom stereocenters. The second kappa shape index (κ2) is 6.66. The van der Waals surface area contributed by atoms with Gasteiger partial charge in [-0.25, -0.2) is 0 Å². The molecule has 1 aromatic carbocycles. The van der Waals surface area contributed by atoms with Crippen LogP contribution in [0.3, 0.4) is 0 Å². The fraction of sp³-hybridized carbons (Fsp3) is 0.312. The van der Waals surface area contributed by atoms with E-state index < -0.39 is 0 Å². The summed E-state index contributed by atoms with van der Waals surface area (Å²) in [6, 6.07) is 11.6. The number of ether oxygens (including phenoxy) is 1. The lowest BCUT2D eigenvalue weighted by molar-refractivity contribution is 0.318. The number of aromatic nitrogens is 1. The van der Waals surface area contributed by atoms with Crippen molar-refractivity contribution in [2.45, 2.75) is 19.1 Å². The van der Waals surface area contributed by atoms with Gasteiger partial charge in [0.25, 0.3) is 5.56 Å². The standard InChI is InChI=1S/C16H19NO2S/c1-3-10-19-15-7-5-4-6-13(15)14-9-8-12(11-20)16(18)17(14)2/h4-9,20H,3,10-11H2,1-2H3. The van der Waals surface area contributed by atoms with Crippen LogP contribution in [0.2, 0.25) is 0 Å². The number of hydrogen-bond donors (Lipinski definition) is 1. The van der Waals surface area contributed by atoms with Gasteiger partial charge in [0.05, 0.1) is 12.3 Å². The summed E-state index contributed by atoms with van der Waals surface area (Å²) >= 11 is 4.18. The zero-order valence-corrected chi connectivity index (χ0v) is 12.7. The molecule has 0 saturated heterocycles. The number of para-hydroxylation sites is 1. The van der Waals surface area contributed by atoms with Crippen LogP contribution in [0, 0.1) is 0 Å². The summed E-state index contributed by atoms with van der Waals surface area (Å²) in [5.74, 6) is 1.25. The van der Waals surface area contributed by atoms with E-state index in [9.17, 15) is 4.79 Å². The summed E-state index contributed by atoms with van der Waals surface area (Å²) in [4.78, 5) is 12.2. The Balaban J connectivity index is 2.52. The Hall–Kier alpha value is -1.68. The summed E-state index contributed by atoms with van der Waals surface area (Å²) in [5, 5.41) is 0. The summed E-state index contributed by atoms with van der Waals surface area (Å²) in [5.41, 5.74) is 2.48. The molecule has 4 heteroatoms. The molecule has 0 radical (unpaired) electrons. The molecular formula is C16H19NO2S. The zero-order chi connectivity index (χ0) is 14.5. The fourth-order valence-electron chi connectivity index (χ4n) is 2.09. The summed E-state index contributed by atoms with van der Waals surface area (Å²) in [6.45, 7) is 2.74. The van der Waals surface area contributed by atoms with E-state index >= 15 is 0 Å². The SMILES string of the molecule is CCCOc1ccccc1-c1ccc(CS)c(=O)n1C. The summed E-state index contributed by atoms with van der Waals surface area (Å²) in [7, 11) is 1.78. The second-order valence-electron chi connectivity index (χ2n) is 4.61. The van der Waals surface area contributed by atoms with Crippen molar-refractivity contribution < 1.29 is 4.74 Å². The van der Waals surface area contributed by atoms with Gasteiger partial charge >= 0.3 is 0 Å². The van der Waals surface area contributed by atoms with Crippen LogP contribution in [-0.2, 0) is 12.8 Å². The lowest BCUT2D eigenvalue weighted by Crippen LogP contribution is -2.21. The molecule has 0 fully saturated rings. The van der Waals surface area contributed by atoms with Crippen molar-refractivity contribution in [3.05, 3.63) is 52.3 Å². The average molecular weight is 289 g/mol. The molecule has 0 aliphatic heterocycles. The minimum atomic E-state index is -0.0113. The molecule has 0 aliphatic rings. The van der Waals surface area contributed by atoms with Crippen LogP contribution in [0.5, 0.6) is 5.75 Å². The van der Waals surface area contributed by atoms with E-state index in [4.69, 9.17) is 4.74 Å². The van der Waals surface area contributed by atoms with Crippen molar-refractivity contribution in [1.82, 2.24) is 4.57 Å². The van der Waals surface area contributed by atoms with Crippen LogP contribution in [0.1, 0.15) is 18.9 Å². The monoisotopic (exact) mass is 289 g/mol. The highest BCUT2D eigenvalue weighted by molar-refractivity contribution is 7.79. The smallest absolute Gasteiger partial charge is 0.254 e. The van der Waals surface area contributed by atoms with Gasteiger partial charge < -0.3 is 9.30 Å². The molecule has 2 aromatic rings. The van der Waals surface area contributed by atoms with Gasteiger partial charge in [-0.3, -0.25) is 4.79 Å². The molecule has 0 amide bonds. The summed E-state index contributed by atoms with van der Waals surface area (Å²) < 4.78 is 7.41. The van der Waals surface area contributed by atoms with Crippen molar-refractivity contribution >= 4 is 12.6 Å². The molecule has 0 spiro atoms. The molecule has 0 aliphatic carbocycles. The highest BCUT2D eigenvalue weighted by atomic mass is 32.1. The minimum Gasteiger partial charge on any atom is -0.493 e. The first-order valence-electron chi connectivity index (χ1n) is 6.71. The Kier molecular flexibility index (Phi) is 4.90. The van der Waals surface area contributed by atoms with Gasteiger partial charge in [0.2, 0.25) is 0 Å². The first-order valence-corrected chi connectivity index (χ1v) is 7.34. The highest BCUT2D eigenvalue weighted by Gasteiger charge is 2.11. The van der Waals surface area contributed by atoms with E-state index in [0.29, 0.717) is 17.9 Å². The largest absolute Gasteiger partial charge is 0.493 e. The maximum Gasteiger partial charge on any atom is 0.254 e. The van der Waals surface area contributed by atoms with Crippen LogP contribution in [-0.4, -0.2) is 11.2 Å². The third kappa shape index (κ3) is 2.90. The Bertz CT molecular complexity index is 649. The first kappa shape index (κ1) is 14.7. The van der Waals surface area contributed by atoms with Crippen LogP contribution in [0.25, 0.3) is 11.3 Å². The Morgan fingerprint density at radius 2 is 1.95 bits per heavy atom. The molecule has 20 heavy (non-hydrogen) atoms. The molecule has 0 N–H and O–H groups in total. The average Bonchev–Trinajstić information content (AvgIpc) is 2.48. The molecule has 0 bridgehead atoms. The predicted octanol–water partition coefficient (Wildman–Crippen LogP) is 3.27. The minimum absolute atomic E-state index is 0.0113. The van der Waals surface area contributed by atoms with Crippen molar-refractivity contribution in [3.8, 4) is 17.0 Å². The molecular weight excluding hydrogens is 270 g/mol. The number of hydrogen-bond acceptors (Lipinski definition) is 3. The van der Waals surface area contributed by atoms with Crippen molar-refractivity contribution in [1.29, 1.82) is 0 Å². The van der Waals surface area contributed by atoms with E-state index in [1.165, 1.54) is 0 Å². The lowest BCUT2D eigenvalue weighted by Gasteiger charge is -2.14. The molecule has 0 unspecified atom stereocenters. The molecule has 3 nitrogen and oxygen atoms in total. The maximum atomic E-state index is 12.2. The van der Waals surface area contributed by atoms with Gasteiger partial charge in [-0.15, -0.1) is 0 Å². The van der Waals surface area contributed by atoms with Gasteiger partial charge in [-0.05, 0) is 24.6 Å². The topological polar surface area (TPSA) is 31.2 Å². The molecule has 2 rings (SSSR count). The molecule has 1 aromatic heterocycles. The lowest BCUT2D eigenvalue weighted by atomic mass is 10.1. The number of benzene rings is 1. The van der Waals surface area contributed by atoms with Crippen LogP contribution >= 0.6 is 12.6 Å². The van der Waals surface area contributed by atoms with E-state index in [-0.39, 0.29) is 5.56 Å². The first-order chi connectivity index (χ1) is 9.69. The number of nitrogens with zero attached hydrogens (tertiary/aromatic N) is 1. The van der Waals surface area contributed by atoms with Gasteiger partial charge in [-0.1, -0.05) is 25.1 Å². The van der Waals surface area contributed by atoms with Gasteiger partial charge in [0.1, 0.15) is 5.75 Å². The fourth-order valence-corrected chi connectivity index (χ4v) is 2.34. The molecule has 0 saturated carbocycles. The normalized spacial score (nSPS) is 10.6. The Labute approximate surface area is 124 Å². The van der Waals surface area contributed by atoms with Gasteiger partial charge in [0.15, 0.2) is 0 Å². The van der Waals surface area contributed by atoms with Gasteiger partial charge in [-0.2, -0.15) is 12.6 Å². The number of rotatable bonds is 5. The van der Waals surface area contributed by atoms with Crippen molar-refractivity contribution in [2.24, 2.45) is 7.05 Å². The number of pyridine rings is 1. The van der Waals surface area contributed by atoms with E-state index in [1.54, 1.807) is 11.6 Å². The van der Waals surface area contributed by atoms with Crippen molar-refractivity contribution in [2.75, 3.05) is 6.61 Å². The Morgan fingerprint density at radius 1 is 1.20 bits per heavy atom. The highest BCUT2D eigenvalue weighted by Crippen LogP contribution is 2.29. The van der Waals surface area contributed by atoms with E-state index in [2.05, 4.69) is 19.6 Å². The van der Waals surface area contributed by atoms with E-state index in [1.807, 2.05) is 36.4 Å². The second-order valence-corrected chi connectivity index (χ2v) is 4.93. The summed E-state index contributed by atoms with van der Waals surface area (Å²) in [6.07, 6.45) is 0.950. The molecule has 1 heterocycles. The van der Waals surface area contributed by atoms with E-state index in [0.717, 1.165) is 23.4 Å². The Morgan fingerprint density at radius 3 is 2.65 bits per heavy atom. The van der Waals surface area contributed by atoms with Gasteiger partial charge in [0, 0.05) is 23.9 Å². The third-order valence-electron chi connectivity index (χ3n) is 3.18. The van der Waals surface area contributed by atoms with Crippen LogP contribution < -0.4 is 10.3 Å². The van der Waals surface area contributed by atoms with Crippen LogP contribution in [0.4, 0.5) is 0 Å². The third-order valence-corrected chi connectivity index (χ3v) is 3.52. The van der Waals surface area contributed by atoms with Crippen LogP contribution in [0.15, 0.2) is 41.2 Å². The number of thiol groups is 1. The molecule has 106 valence electrons. The quantitative estimate of drug-likeness (QED) is 0.857. The van der Waals surface area contributed by atoms with Crippen molar-refractivity contribution in [3.63, 3.8) is 0 Å².